The van der Waals surface area contributed by atoms with Gasteiger partial charge in [-0.2, -0.15) is 0 Å². The summed E-state index contributed by atoms with van der Waals surface area (Å²) in [4.78, 5) is 0.366. The number of hydrogen-bond donors (Lipinski definition) is 1. The van der Waals surface area contributed by atoms with Crippen LogP contribution in [0, 0.1) is 17.8 Å². The Bertz CT molecular complexity index is 541. The minimum Gasteiger partial charge on any atom is -0.208 e. The quantitative estimate of drug-likeness (QED) is 0.921. The Morgan fingerprint density at radius 1 is 1.16 bits per heavy atom. The first-order valence-electron chi connectivity index (χ1n) is 7.13. The Labute approximate surface area is 115 Å². The SMILES string of the molecule is C[C@H](NS(=O)(=O)c1ccccc1)[C@H]1C[C@@H]2CC[C@H]1C2. The van der Waals surface area contributed by atoms with Crippen LogP contribution in [-0.2, 0) is 10.0 Å². The highest BCUT2D eigenvalue weighted by Gasteiger charge is 2.42. The van der Waals surface area contributed by atoms with E-state index in [1.165, 1.54) is 25.7 Å². The van der Waals surface area contributed by atoms with Crippen LogP contribution in [0.4, 0.5) is 0 Å². The molecule has 0 spiro atoms. The van der Waals surface area contributed by atoms with Crippen LogP contribution in [0.2, 0.25) is 0 Å². The van der Waals surface area contributed by atoms with Crippen LogP contribution >= 0.6 is 0 Å². The van der Waals surface area contributed by atoms with Gasteiger partial charge in [-0.3, -0.25) is 0 Å². The fourth-order valence-electron chi connectivity index (χ4n) is 3.91. The molecule has 1 aromatic carbocycles. The second-order valence-corrected chi connectivity index (χ2v) is 7.78. The molecule has 2 aliphatic rings. The molecule has 0 saturated heterocycles. The molecule has 19 heavy (non-hydrogen) atoms. The Morgan fingerprint density at radius 3 is 2.47 bits per heavy atom. The molecule has 2 aliphatic carbocycles. The van der Waals surface area contributed by atoms with E-state index in [2.05, 4.69) is 4.72 Å². The summed E-state index contributed by atoms with van der Waals surface area (Å²) >= 11 is 0. The molecule has 0 amide bonds. The molecule has 1 aromatic rings. The molecule has 1 N–H and O–H groups in total. The van der Waals surface area contributed by atoms with Crippen LogP contribution in [0.15, 0.2) is 35.2 Å². The van der Waals surface area contributed by atoms with Gasteiger partial charge in [0.25, 0.3) is 0 Å². The van der Waals surface area contributed by atoms with E-state index in [0.717, 1.165) is 11.8 Å². The topological polar surface area (TPSA) is 46.2 Å². The van der Waals surface area contributed by atoms with E-state index in [1.54, 1.807) is 24.3 Å². The summed E-state index contributed by atoms with van der Waals surface area (Å²) in [6, 6.07) is 8.69. The zero-order chi connectivity index (χ0) is 13.5. The second-order valence-electron chi connectivity index (χ2n) is 6.06. The maximum absolute atomic E-state index is 12.3. The fraction of sp³-hybridized carbons (Fsp3) is 0.600. The molecule has 0 radical (unpaired) electrons. The van der Waals surface area contributed by atoms with E-state index >= 15 is 0 Å². The third kappa shape index (κ3) is 2.56. The third-order valence-electron chi connectivity index (χ3n) is 4.83. The Balaban J connectivity index is 1.71. The molecule has 2 saturated carbocycles. The van der Waals surface area contributed by atoms with Crippen molar-refractivity contribution in [2.45, 2.75) is 43.5 Å². The molecular formula is C15H21NO2S. The van der Waals surface area contributed by atoms with Gasteiger partial charge in [0.05, 0.1) is 4.90 Å². The van der Waals surface area contributed by atoms with Crippen molar-refractivity contribution in [2.75, 3.05) is 0 Å². The average molecular weight is 279 g/mol. The van der Waals surface area contributed by atoms with E-state index in [1.807, 2.05) is 13.0 Å². The summed E-state index contributed by atoms with van der Waals surface area (Å²) in [7, 11) is -3.36. The zero-order valence-electron chi connectivity index (χ0n) is 11.2. The van der Waals surface area contributed by atoms with Crippen LogP contribution < -0.4 is 4.72 Å². The fourth-order valence-corrected chi connectivity index (χ4v) is 5.22. The molecular weight excluding hydrogens is 258 g/mol. The molecule has 4 heteroatoms. The van der Waals surface area contributed by atoms with Gasteiger partial charge in [-0.25, -0.2) is 13.1 Å². The van der Waals surface area contributed by atoms with Gasteiger partial charge in [-0.05, 0) is 56.1 Å². The van der Waals surface area contributed by atoms with Crippen LogP contribution in [-0.4, -0.2) is 14.5 Å². The highest BCUT2D eigenvalue weighted by atomic mass is 32.2. The van der Waals surface area contributed by atoms with Gasteiger partial charge < -0.3 is 0 Å². The van der Waals surface area contributed by atoms with E-state index in [9.17, 15) is 8.42 Å². The molecule has 104 valence electrons. The number of benzene rings is 1. The van der Waals surface area contributed by atoms with E-state index in [-0.39, 0.29) is 6.04 Å². The first-order valence-corrected chi connectivity index (χ1v) is 8.62. The van der Waals surface area contributed by atoms with Crippen LogP contribution in [0.3, 0.4) is 0 Å². The molecule has 3 rings (SSSR count). The lowest BCUT2D eigenvalue weighted by atomic mass is 9.84. The van der Waals surface area contributed by atoms with Gasteiger partial charge in [0.2, 0.25) is 10.0 Å². The summed E-state index contributed by atoms with van der Waals surface area (Å²) < 4.78 is 27.5. The molecule has 4 atom stereocenters. The minimum absolute atomic E-state index is 0.0421. The van der Waals surface area contributed by atoms with Crippen LogP contribution in [0.25, 0.3) is 0 Å². The Morgan fingerprint density at radius 2 is 1.89 bits per heavy atom. The van der Waals surface area contributed by atoms with E-state index < -0.39 is 10.0 Å². The van der Waals surface area contributed by atoms with Crippen LogP contribution in [0.1, 0.15) is 32.6 Å². The smallest absolute Gasteiger partial charge is 0.208 e. The van der Waals surface area contributed by atoms with Crippen molar-refractivity contribution < 1.29 is 8.42 Å². The summed E-state index contributed by atoms with van der Waals surface area (Å²) in [5, 5.41) is 0. The third-order valence-corrected chi connectivity index (χ3v) is 6.40. The molecule has 0 aromatic heterocycles. The largest absolute Gasteiger partial charge is 0.240 e. The molecule has 0 unspecified atom stereocenters. The van der Waals surface area contributed by atoms with Gasteiger partial charge >= 0.3 is 0 Å². The van der Waals surface area contributed by atoms with Crippen molar-refractivity contribution in [3.05, 3.63) is 30.3 Å². The lowest BCUT2D eigenvalue weighted by Crippen LogP contribution is -2.40. The highest BCUT2D eigenvalue weighted by molar-refractivity contribution is 7.89. The van der Waals surface area contributed by atoms with Crippen molar-refractivity contribution in [1.29, 1.82) is 0 Å². The zero-order valence-corrected chi connectivity index (χ0v) is 12.1. The lowest BCUT2D eigenvalue weighted by molar-refractivity contribution is 0.280. The van der Waals surface area contributed by atoms with Gasteiger partial charge in [-0.1, -0.05) is 24.6 Å². The molecule has 2 fully saturated rings. The van der Waals surface area contributed by atoms with Crippen molar-refractivity contribution in [3.63, 3.8) is 0 Å². The van der Waals surface area contributed by atoms with Crippen molar-refractivity contribution >= 4 is 10.0 Å². The normalized spacial score (nSPS) is 31.5. The van der Waals surface area contributed by atoms with E-state index in [0.29, 0.717) is 10.8 Å². The lowest BCUT2D eigenvalue weighted by Gasteiger charge is -2.28. The predicted molar refractivity (Wildman–Crippen MR) is 75.2 cm³/mol. The van der Waals surface area contributed by atoms with Crippen molar-refractivity contribution in [3.8, 4) is 0 Å². The summed E-state index contributed by atoms with van der Waals surface area (Å²) in [5.74, 6) is 2.11. The number of rotatable bonds is 4. The number of hydrogen-bond acceptors (Lipinski definition) is 2. The average Bonchev–Trinajstić information content (AvgIpc) is 3.01. The molecule has 0 aliphatic heterocycles. The highest BCUT2D eigenvalue weighted by Crippen LogP contribution is 2.49. The van der Waals surface area contributed by atoms with Gasteiger partial charge in [0.15, 0.2) is 0 Å². The first-order chi connectivity index (χ1) is 9.06. The monoisotopic (exact) mass is 279 g/mol. The maximum atomic E-state index is 12.3. The standard InChI is InChI=1S/C15H21NO2S/c1-11(15-10-12-7-8-13(15)9-12)16-19(17,18)14-5-3-2-4-6-14/h2-6,11-13,15-16H,7-10H2,1H3/t11-,12+,13-,15+/m0/s1. The first kappa shape index (κ1) is 13.1. The van der Waals surface area contributed by atoms with Gasteiger partial charge in [0.1, 0.15) is 0 Å². The number of sulfonamides is 1. The Kier molecular flexibility index (Phi) is 3.39. The van der Waals surface area contributed by atoms with E-state index in [4.69, 9.17) is 0 Å². The molecule has 2 bridgehead atoms. The predicted octanol–water partition coefficient (Wildman–Crippen LogP) is 2.79. The number of fused-ring (bicyclic) bond motifs is 2. The Hall–Kier alpha value is -0.870. The second kappa shape index (κ2) is 4.91. The van der Waals surface area contributed by atoms with Crippen molar-refractivity contribution in [2.24, 2.45) is 17.8 Å². The summed E-state index contributed by atoms with van der Waals surface area (Å²) in [6.07, 6.45) is 5.14. The molecule has 0 heterocycles. The maximum Gasteiger partial charge on any atom is 0.240 e. The van der Waals surface area contributed by atoms with Gasteiger partial charge in [0, 0.05) is 6.04 Å². The van der Waals surface area contributed by atoms with Crippen LogP contribution in [0.5, 0.6) is 0 Å². The molecule has 3 nitrogen and oxygen atoms in total. The van der Waals surface area contributed by atoms with Gasteiger partial charge in [-0.15, -0.1) is 0 Å². The number of nitrogens with one attached hydrogen (secondary N) is 1. The summed E-state index contributed by atoms with van der Waals surface area (Å²) in [5.41, 5.74) is 0. The van der Waals surface area contributed by atoms with Crippen molar-refractivity contribution in [1.82, 2.24) is 4.72 Å². The summed E-state index contributed by atoms with van der Waals surface area (Å²) in [6.45, 7) is 2.02. The minimum atomic E-state index is -3.36.